The molecule has 2 rings (SSSR count). The lowest BCUT2D eigenvalue weighted by Crippen LogP contribution is -2.41. The topological polar surface area (TPSA) is 40.5 Å². The summed E-state index contributed by atoms with van der Waals surface area (Å²) >= 11 is 0. The number of carbonyl (C=O) groups is 1. The Hall–Kier alpha value is -1.07. The maximum Gasteiger partial charge on any atom is 0.512 e. The van der Waals surface area contributed by atoms with E-state index in [9.17, 15) is 4.79 Å². The van der Waals surface area contributed by atoms with E-state index in [4.69, 9.17) is 9.31 Å². The smallest absolute Gasteiger partial charge is 0.398 e. The molecule has 0 aromatic carbocycles. The van der Waals surface area contributed by atoms with Gasteiger partial charge in [-0.15, -0.1) is 0 Å². The average Bonchev–Trinajstić information content (AvgIpc) is 2.69. The summed E-state index contributed by atoms with van der Waals surface area (Å²) in [4.78, 5) is 11.5. The van der Waals surface area contributed by atoms with Crippen molar-refractivity contribution in [2.75, 3.05) is 0 Å². The number of aromatic nitrogens is 1. The SMILES string of the molecule is CC(=O)n1cccc1B1OC(C)(C)C(C)(C)O1. The van der Waals surface area contributed by atoms with Gasteiger partial charge in [-0.25, -0.2) is 0 Å². The van der Waals surface area contributed by atoms with Crippen molar-refractivity contribution in [3.05, 3.63) is 18.3 Å². The van der Waals surface area contributed by atoms with Gasteiger partial charge in [0.1, 0.15) is 0 Å². The Morgan fingerprint density at radius 1 is 1.24 bits per heavy atom. The molecular formula is C12H18BNO3. The molecule has 0 radical (unpaired) electrons. The molecule has 1 aliphatic rings. The molecule has 1 fully saturated rings. The molecule has 0 N–H and O–H groups in total. The van der Waals surface area contributed by atoms with Crippen molar-refractivity contribution in [2.45, 2.75) is 45.8 Å². The zero-order chi connectivity index (χ0) is 12.8. The number of hydrogen-bond donors (Lipinski definition) is 0. The molecule has 1 aliphatic heterocycles. The van der Waals surface area contributed by atoms with E-state index in [0.29, 0.717) is 0 Å². The van der Waals surface area contributed by atoms with Gasteiger partial charge in [0.15, 0.2) is 0 Å². The highest BCUT2D eigenvalue weighted by molar-refractivity contribution is 6.61. The van der Waals surface area contributed by atoms with Crippen LogP contribution in [0.15, 0.2) is 18.3 Å². The van der Waals surface area contributed by atoms with Gasteiger partial charge in [0, 0.05) is 13.1 Å². The van der Waals surface area contributed by atoms with Crippen LogP contribution in [0.3, 0.4) is 0 Å². The van der Waals surface area contributed by atoms with Gasteiger partial charge >= 0.3 is 7.12 Å². The van der Waals surface area contributed by atoms with E-state index in [1.807, 2.05) is 39.8 Å². The number of nitrogens with zero attached hydrogens (tertiary/aromatic N) is 1. The maximum absolute atomic E-state index is 11.5. The summed E-state index contributed by atoms with van der Waals surface area (Å²) in [7, 11) is -0.487. The molecule has 0 spiro atoms. The summed E-state index contributed by atoms with van der Waals surface area (Å²) in [5.74, 6) is -0.0419. The maximum atomic E-state index is 11.5. The van der Waals surface area contributed by atoms with Crippen LogP contribution in [0.4, 0.5) is 0 Å². The Bertz CT molecular complexity index is 434. The Morgan fingerprint density at radius 3 is 2.24 bits per heavy atom. The molecule has 0 saturated carbocycles. The average molecular weight is 235 g/mol. The third-order valence-corrected chi connectivity index (χ3v) is 3.61. The van der Waals surface area contributed by atoms with Crippen LogP contribution in [0.5, 0.6) is 0 Å². The lowest BCUT2D eigenvalue weighted by atomic mass is 9.84. The summed E-state index contributed by atoms with van der Waals surface area (Å²) in [6, 6.07) is 3.67. The van der Waals surface area contributed by atoms with Crippen LogP contribution in [-0.2, 0) is 9.31 Å². The van der Waals surface area contributed by atoms with Gasteiger partial charge in [-0.05, 0) is 39.8 Å². The summed E-state index contributed by atoms with van der Waals surface area (Å²) in [6.45, 7) is 9.50. The van der Waals surface area contributed by atoms with Gasteiger partial charge < -0.3 is 9.31 Å². The summed E-state index contributed by atoms with van der Waals surface area (Å²) in [5.41, 5.74) is -0.0243. The van der Waals surface area contributed by atoms with E-state index in [0.717, 1.165) is 5.59 Å². The summed E-state index contributed by atoms with van der Waals surface area (Å²) in [6.07, 6.45) is 1.72. The minimum absolute atomic E-state index is 0.0419. The molecule has 4 nitrogen and oxygen atoms in total. The predicted octanol–water partition coefficient (Wildman–Crippen LogP) is 1.45. The third kappa shape index (κ3) is 1.94. The van der Waals surface area contributed by atoms with Crippen LogP contribution in [0.2, 0.25) is 0 Å². The predicted molar refractivity (Wildman–Crippen MR) is 66.4 cm³/mol. The van der Waals surface area contributed by atoms with Crippen molar-refractivity contribution in [1.29, 1.82) is 0 Å². The number of hydrogen-bond acceptors (Lipinski definition) is 3. The van der Waals surface area contributed by atoms with Crippen molar-refractivity contribution in [1.82, 2.24) is 4.57 Å². The summed E-state index contributed by atoms with van der Waals surface area (Å²) < 4.78 is 13.4. The minimum Gasteiger partial charge on any atom is -0.398 e. The summed E-state index contributed by atoms with van der Waals surface area (Å²) in [5, 5.41) is 0. The van der Waals surface area contributed by atoms with Gasteiger partial charge in [0.25, 0.3) is 0 Å². The third-order valence-electron chi connectivity index (χ3n) is 3.61. The van der Waals surface area contributed by atoms with Crippen LogP contribution in [-0.4, -0.2) is 28.8 Å². The zero-order valence-corrected chi connectivity index (χ0v) is 11.0. The van der Waals surface area contributed by atoms with E-state index < -0.39 is 7.12 Å². The van der Waals surface area contributed by atoms with Crippen molar-refractivity contribution >= 4 is 18.6 Å². The molecule has 0 unspecified atom stereocenters. The Balaban J connectivity index is 2.32. The van der Waals surface area contributed by atoms with Crippen LogP contribution in [0, 0.1) is 0 Å². The normalized spacial score (nSPS) is 21.8. The van der Waals surface area contributed by atoms with E-state index in [-0.39, 0.29) is 17.1 Å². The first-order chi connectivity index (χ1) is 7.74. The Morgan fingerprint density at radius 2 is 1.76 bits per heavy atom. The molecule has 92 valence electrons. The molecule has 1 aromatic rings. The highest BCUT2D eigenvalue weighted by atomic mass is 16.7. The van der Waals surface area contributed by atoms with Gasteiger partial charge in [0.2, 0.25) is 5.91 Å². The van der Waals surface area contributed by atoms with Crippen LogP contribution >= 0.6 is 0 Å². The molecule has 17 heavy (non-hydrogen) atoms. The molecular weight excluding hydrogens is 217 g/mol. The second-order valence-corrected chi connectivity index (χ2v) is 5.41. The van der Waals surface area contributed by atoms with E-state index >= 15 is 0 Å². The molecule has 0 aliphatic carbocycles. The van der Waals surface area contributed by atoms with Crippen molar-refractivity contribution < 1.29 is 14.1 Å². The van der Waals surface area contributed by atoms with Crippen LogP contribution < -0.4 is 5.59 Å². The van der Waals surface area contributed by atoms with Gasteiger partial charge in [-0.1, -0.05) is 0 Å². The highest BCUT2D eigenvalue weighted by Crippen LogP contribution is 2.36. The molecule has 2 heterocycles. The molecule has 1 aromatic heterocycles. The van der Waals surface area contributed by atoms with Crippen LogP contribution in [0.1, 0.15) is 39.4 Å². The fraction of sp³-hybridized carbons (Fsp3) is 0.583. The number of rotatable bonds is 1. The zero-order valence-electron chi connectivity index (χ0n) is 11.0. The lowest BCUT2D eigenvalue weighted by molar-refractivity contribution is 0.00578. The first-order valence-corrected chi connectivity index (χ1v) is 5.78. The molecule has 1 saturated heterocycles. The first-order valence-electron chi connectivity index (χ1n) is 5.78. The highest BCUT2D eigenvalue weighted by Gasteiger charge is 2.52. The second-order valence-electron chi connectivity index (χ2n) is 5.41. The van der Waals surface area contributed by atoms with Crippen molar-refractivity contribution in [2.24, 2.45) is 0 Å². The van der Waals surface area contributed by atoms with Crippen molar-refractivity contribution in [3.63, 3.8) is 0 Å². The first kappa shape index (κ1) is 12.4. The van der Waals surface area contributed by atoms with Crippen molar-refractivity contribution in [3.8, 4) is 0 Å². The molecule has 0 bridgehead atoms. The van der Waals surface area contributed by atoms with Gasteiger partial charge in [-0.3, -0.25) is 9.36 Å². The van der Waals surface area contributed by atoms with E-state index in [1.54, 1.807) is 10.8 Å². The minimum atomic E-state index is -0.487. The fourth-order valence-electron chi connectivity index (χ4n) is 1.84. The molecule has 5 heteroatoms. The largest absolute Gasteiger partial charge is 0.512 e. The van der Waals surface area contributed by atoms with Gasteiger partial charge in [-0.2, -0.15) is 0 Å². The lowest BCUT2D eigenvalue weighted by Gasteiger charge is -2.32. The van der Waals surface area contributed by atoms with Gasteiger partial charge in [0.05, 0.1) is 16.8 Å². The quantitative estimate of drug-likeness (QED) is 0.691. The van der Waals surface area contributed by atoms with E-state index in [2.05, 4.69) is 0 Å². The molecule has 0 atom stereocenters. The monoisotopic (exact) mass is 235 g/mol. The van der Waals surface area contributed by atoms with E-state index in [1.165, 1.54) is 6.92 Å². The fourth-order valence-corrected chi connectivity index (χ4v) is 1.84. The Labute approximate surface area is 102 Å². The number of carbonyl (C=O) groups excluding carboxylic acids is 1. The Kier molecular flexibility index (Phi) is 2.71. The van der Waals surface area contributed by atoms with Crippen LogP contribution in [0.25, 0.3) is 0 Å². The standard InChI is InChI=1S/C12H18BNO3/c1-9(15)14-8-6-7-10(14)13-16-11(2,3)12(4,5)17-13/h6-8H,1-5H3. The second kappa shape index (κ2) is 3.72. The molecule has 0 amide bonds.